The fourth-order valence-corrected chi connectivity index (χ4v) is 0.399. The number of rotatable bonds is 3. The Balaban J connectivity index is 3.43. The predicted octanol–water partition coefficient (Wildman–Crippen LogP) is 1.54. The van der Waals surface area contributed by atoms with Gasteiger partial charge >= 0.3 is 0 Å². The Bertz CT molecular complexity index is 160. The summed E-state index contributed by atoms with van der Waals surface area (Å²) in [4.78, 5) is 10.4. The first-order valence-corrected chi connectivity index (χ1v) is 2.80. The van der Waals surface area contributed by atoms with Crippen molar-refractivity contribution in [2.24, 2.45) is 0 Å². The van der Waals surface area contributed by atoms with Crippen LogP contribution in [0.1, 0.15) is 19.8 Å². The highest BCUT2D eigenvalue weighted by Gasteiger charge is 1.92. The Morgan fingerprint density at radius 1 is 1.67 bits per heavy atom. The van der Waals surface area contributed by atoms with Crippen molar-refractivity contribution in [2.75, 3.05) is 0 Å². The Morgan fingerprint density at radius 3 is 2.56 bits per heavy atom. The van der Waals surface area contributed by atoms with Crippen LogP contribution in [0.3, 0.4) is 0 Å². The molecule has 0 aliphatic heterocycles. The van der Waals surface area contributed by atoms with E-state index in [0.717, 1.165) is 0 Å². The van der Waals surface area contributed by atoms with Gasteiger partial charge in [0.05, 0.1) is 0 Å². The van der Waals surface area contributed by atoms with Gasteiger partial charge in [0.1, 0.15) is 5.78 Å². The molecule has 0 aromatic rings. The standard InChI is InChI=1S/C8H10O/c1-4-7(2)5-6-8(3)9/h1H,2,5-6H2,3H3. The van der Waals surface area contributed by atoms with Crippen LogP contribution in [0.5, 0.6) is 0 Å². The lowest BCUT2D eigenvalue weighted by molar-refractivity contribution is -0.116. The van der Waals surface area contributed by atoms with Crippen LogP contribution in [-0.2, 0) is 4.79 Å². The summed E-state index contributed by atoms with van der Waals surface area (Å²) >= 11 is 0. The molecule has 1 nitrogen and oxygen atoms in total. The molecule has 0 spiro atoms. The minimum atomic E-state index is 0.159. The molecule has 9 heavy (non-hydrogen) atoms. The van der Waals surface area contributed by atoms with Crippen LogP contribution in [0, 0.1) is 12.3 Å². The molecule has 0 saturated carbocycles. The maximum Gasteiger partial charge on any atom is 0.130 e. The van der Waals surface area contributed by atoms with Crippen molar-refractivity contribution in [1.29, 1.82) is 0 Å². The zero-order valence-corrected chi connectivity index (χ0v) is 5.61. The van der Waals surface area contributed by atoms with Gasteiger partial charge in [-0.25, -0.2) is 0 Å². The highest BCUT2D eigenvalue weighted by Crippen LogP contribution is 1.99. The lowest BCUT2D eigenvalue weighted by Crippen LogP contribution is -1.89. The molecule has 0 atom stereocenters. The molecular formula is C8H10O. The fraction of sp³-hybridized carbons (Fsp3) is 0.375. The monoisotopic (exact) mass is 122 g/mol. The van der Waals surface area contributed by atoms with E-state index in [9.17, 15) is 4.79 Å². The zero-order valence-electron chi connectivity index (χ0n) is 5.61. The van der Waals surface area contributed by atoms with Crippen LogP contribution in [0.15, 0.2) is 12.2 Å². The Morgan fingerprint density at radius 2 is 2.22 bits per heavy atom. The summed E-state index contributed by atoms with van der Waals surface area (Å²) in [7, 11) is 0. The van der Waals surface area contributed by atoms with Gasteiger partial charge in [-0.05, 0) is 18.9 Å². The number of terminal acetylenes is 1. The van der Waals surface area contributed by atoms with E-state index in [1.165, 1.54) is 0 Å². The van der Waals surface area contributed by atoms with Gasteiger partial charge in [-0.3, -0.25) is 0 Å². The second-order valence-electron chi connectivity index (χ2n) is 1.95. The van der Waals surface area contributed by atoms with E-state index in [-0.39, 0.29) is 5.78 Å². The minimum absolute atomic E-state index is 0.159. The van der Waals surface area contributed by atoms with Crippen LogP contribution in [0.4, 0.5) is 0 Å². The molecule has 0 rings (SSSR count). The molecule has 0 amide bonds. The van der Waals surface area contributed by atoms with E-state index in [1.54, 1.807) is 6.92 Å². The van der Waals surface area contributed by atoms with Gasteiger partial charge < -0.3 is 4.79 Å². The van der Waals surface area contributed by atoms with Gasteiger partial charge in [-0.15, -0.1) is 6.42 Å². The lowest BCUT2D eigenvalue weighted by Gasteiger charge is -1.91. The normalized spacial score (nSPS) is 8.00. The highest BCUT2D eigenvalue weighted by molar-refractivity contribution is 5.75. The van der Waals surface area contributed by atoms with Crippen LogP contribution >= 0.6 is 0 Å². The molecule has 48 valence electrons. The van der Waals surface area contributed by atoms with Crippen molar-refractivity contribution in [3.8, 4) is 12.3 Å². The molecular weight excluding hydrogens is 112 g/mol. The molecule has 0 bridgehead atoms. The van der Waals surface area contributed by atoms with E-state index >= 15 is 0 Å². The number of carbonyl (C=O) groups is 1. The Labute approximate surface area is 55.8 Å². The maximum atomic E-state index is 10.4. The molecule has 1 heteroatoms. The molecule has 0 heterocycles. The van der Waals surface area contributed by atoms with Crippen molar-refractivity contribution >= 4 is 5.78 Å². The largest absolute Gasteiger partial charge is 0.300 e. The van der Waals surface area contributed by atoms with Gasteiger partial charge in [0.2, 0.25) is 0 Å². The molecule has 0 aliphatic rings. The summed E-state index contributed by atoms with van der Waals surface area (Å²) < 4.78 is 0. The Hall–Kier alpha value is -1.03. The van der Waals surface area contributed by atoms with Crippen molar-refractivity contribution in [3.63, 3.8) is 0 Å². The van der Waals surface area contributed by atoms with E-state index in [0.29, 0.717) is 18.4 Å². The van der Waals surface area contributed by atoms with Gasteiger partial charge in [-0.2, -0.15) is 0 Å². The summed E-state index contributed by atoms with van der Waals surface area (Å²) in [6, 6.07) is 0. The maximum absolute atomic E-state index is 10.4. The summed E-state index contributed by atoms with van der Waals surface area (Å²) in [6.45, 7) is 5.10. The SMILES string of the molecule is C#CC(=C)CCC(C)=O. The topological polar surface area (TPSA) is 17.1 Å². The van der Waals surface area contributed by atoms with E-state index in [1.807, 2.05) is 0 Å². The fourth-order valence-electron chi connectivity index (χ4n) is 0.399. The second-order valence-corrected chi connectivity index (χ2v) is 1.95. The number of carbonyl (C=O) groups excluding carboxylic acids is 1. The summed E-state index contributed by atoms with van der Waals surface area (Å²) in [5, 5.41) is 0. The zero-order chi connectivity index (χ0) is 7.28. The average Bonchev–Trinajstić information content (AvgIpc) is 1.83. The van der Waals surface area contributed by atoms with Gasteiger partial charge in [0.15, 0.2) is 0 Å². The molecule has 0 aliphatic carbocycles. The van der Waals surface area contributed by atoms with Gasteiger partial charge in [0.25, 0.3) is 0 Å². The van der Waals surface area contributed by atoms with Gasteiger partial charge in [0, 0.05) is 6.42 Å². The van der Waals surface area contributed by atoms with Crippen molar-refractivity contribution in [3.05, 3.63) is 12.2 Å². The molecule has 0 aromatic carbocycles. The minimum Gasteiger partial charge on any atom is -0.300 e. The van der Waals surface area contributed by atoms with E-state index in [4.69, 9.17) is 6.42 Å². The number of Topliss-reactive ketones (excluding diaryl/α,β-unsaturated/α-hetero) is 1. The van der Waals surface area contributed by atoms with Crippen LogP contribution in [-0.4, -0.2) is 5.78 Å². The Kier molecular flexibility index (Phi) is 3.46. The lowest BCUT2D eigenvalue weighted by atomic mass is 10.1. The van der Waals surface area contributed by atoms with Crippen LogP contribution in [0.2, 0.25) is 0 Å². The summed E-state index contributed by atoms with van der Waals surface area (Å²) in [5.41, 5.74) is 0.699. The summed E-state index contributed by atoms with van der Waals surface area (Å²) in [6.07, 6.45) is 6.15. The second kappa shape index (κ2) is 3.91. The van der Waals surface area contributed by atoms with Crippen LogP contribution in [0.25, 0.3) is 0 Å². The summed E-state index contributed by atoms with van der Waals surface area (Å²) in [5.74, 6) is 2.53. The molecule has 0 radical (unpaired) electrons. The van der Waals surface area contributed by atoms with Crippen LogP contribution < -0.4 is 0 Å². The van der Waals surface area contributed by atoms with Crippen molar-refractivity contribution < 1.29 is 4.79 Å². The number of allylic oxidation sites excluding steroid dienone is 1. The predicted molar refractivity (Wildman–Crippen MR) is 37.9 cm³/mol. The third kappa shape index (κ3) is 4.83. The first kappa shape index (κ1) is 7.97. The van der Waals surface area contributed by atoms with Gasteiger partial charge in [-0.1, -0.05) is 12.5 Å². The van der Waals surface area contributed by atoms with E-state index in [2.05, 4.69) is 12.5 Å². The van der Waals surface area contributed by atoms with E-state index < -0.39 is 0 Å². The molecule has 0 saturated heterocycles. The molecule has 0 fully saturated rings. The van der Waals surface area contributed by atoms with Crippen molar-refractivity contribution in [2.45, 2.75) is 19.8 Å². The third-order valence-electron chi connectivity index (χ3n) is 0.983. The first-order valence-electron chi connectivity index (χ1n) is 2.80. The number of hydrogen-bond acceptors (Lipinski definition) is 1. The molecule has 0 unspecified atom stereocenters. The van der Waals surface area contributed by atoms with Crippen molar-refractivity contribution in [1.82, 2.24) is 0 Å². The smallest absolute Gasteiger partial charge is 0.130 e. The first-order chi connectivity index (χ1) is 4.16. The number of hydrogen-bond donors (Lipinski definition) is 0. The molecule has 0 aromatic heterocycles. The molecule has 0 N–H and O–H groups in total. The highest BCUT2D eigenvalue weighted by atomic mass is 16.1. The number of ketones is 1. The average molecular weight is 122 g/mol. The quantitative estimate of drug-likeness (QED) is 0.519. The third-order valence-corrected chi connectivity index (χ3v) is 0.983.